The van der Waals surface area contributed by atoms with Crippen molar-refractivity contribution in [3.63, 3.8) is 0 Å². The summed E-state index contributed by atoms with van der Waals surface area (Å²) < 4.78 is 5.89. The number of thiazole rings is 1. The van der Waals surface area contributed by atoms with Gasteiger partial charge in [-0.15, -0.1) is 11.3 Å². The average molecular weight is 390 g/mol. The second-order valence-corrected chi connectivity index (χ2v) is 7.48. The van der Waals surface area contributed by atoms with Crippen molar-refractivity contribution in [3.05, 3.63) is 63.6 Å². The number of anilines is 1. The maximum atomic E-state index is 12.1. The van der Waals surface area contributed by atoms with Crippen LogP contribution in [0.3, 0.4) is 0 Å². The second kappa shape index (κ2) is 9.35. The second-order valence-electron chi connectivity index (χ2n) is 5.40. The van der Waals surface area contributed by atoms with Crippen molar-refractivity contribution in [2.75, 3.05) is 24.7 Å². The Kier molecular flexibility index (Phi) is 6.62. The van der Waals surface area contributed by atoms with Crippen LogP contribution in [0, 0.1) is 5.21 Å². The molecule has 0 saturated carbocycles. The number of pyridine rings is 1. The molecular formula is C17H19N5O2S2. The number of thioether (sulfide) groups is 1. The van der Waals surface area contributed by atoms with Crippen molar-refractivity contribution < 1.29 is 9.47 Å². The summed E-state index contributed by atoms with van der Waals surface area (Å²) in [5.74, 6) is 2.63. The zero-order valence-electron chi connectivity index (χ0n) is 14.3. The van der Waals surface area contributed by atoms with Crippen LogP contribution in [0.5, 0.6) is 5.88 Å². The van der Waals surface area contributed by atoms with Crippen molar-refractivity contribution in [3.8, 4) is 5.88 Å². The molecular weight excluding hydrogens is 370 g/mol. The largest absolute Gasteiger partial charge is 0.740 e. The van der Waals surface area contributed by atoms with Gasteiger partial charge in [-0.25, -0.2) is 14.7 Å². The van der Waals surface area contributed by atoms with Crippen LogP contribution in [-0.2, 0) is 12.2 Å². The summed E-state index contributed by atoms with van der Waals surface area (Å²) >= 11 is 3.43. The summed E-state index contributed by atoms with van der Waals surface area (Å²) in [6.07, 6.45) is 7.36. The predicted octanol–water partition coefficient (Wildman–Crippen LogP) is 2.51. The Bertz CT molecular complexity index is 830. The molecule has 0 fully saturated rings. The fraction of sp³-hybridized carbons (Fsp3) is 0.294. The Morgan fingerprint density at radius 2 is 2.19 bits per heavy atom. The highest BCUT2D eigenvalue weighted by Gasteiger charge is 2.08. The van der Waals surface area contributed by atoms with E-state index in [1.165, 1.54) is 0 Å². The minimum Gasteiger partial charge on any atom is -0.740 e. The van der Waals surface area contributed by atoms with Gasteiger partial charge in [0.2, 0.25) is 5.88 Å². The smallest absolute Gasteiger partial charge is 0.391 e. The van der Waals surface area contributed by atoms with Crippen LogP contribution in [-0.4, -0.2) is 34.4 Å². The molecule has 0 amide bonds. The van der Waals surface area contributed by atoms with Crippen molar-refractivity contribution in [2.45, 2.75) is 12.2 Å². The van der Waals surface area contributed by atoms with Gasteiger partial charge in [0, 0.05) is 47.3 Å². The number of hydrogen-bond acceptors (Lipinski definition) is 8. The number of ether oxygens (including phenoxy) is 1. The first kappa shape index (κ1) is 18.4. The maximum Gasteiger partial charge on any atom is 0.391 e. The van der Waals surface area contributed by atoms with Crippen LogP contribution in [0.4, 0.5) is 5.95 Å². The van der Waals surface area contributed by atoms with Crippen LogP contribution in [0.1, 0.15) is 16.1 Å². The predicted molar refractivity (Wildman–Crippen MR) is 104 cm³/mol. The molecule has 0 bridgehead atoms. The molecule has 0 saturated heterocycles. The molecule has 7 nitrogen and oxygen atoms in total. The lowest BCUT2D eigenvalue weighted by atomic mass is 10.1. The third-order valence-electron chi connectivity index (χ3n) is 3.50. The standard InChI is InChI=1S/C17H19N5O2S2/c1-24-15-9-13(2-3-18-15)8-14-10-21-17(22(23)11-14)20-4-6-25-12-16-19-5-7-26-16/h2-3,5,7,9-11H,4,6,8,12H2,1H3,(H,20,21). The van der Waals surface area contributed by atoms with E-state index >= 15 is 0 Å². The average Bonchev–Trinajstić information content (AvgIpc) is 3.17. The molecule has 3 aromatic heterocycles. The third-order valence-corrected chi connectivity index (χ3v) is 5.43. The van der Waals surface area contributed by atoms with Gasteiger partial charge < -0.3 is 9.94 Å². The molecule has 0 aliphatic heterocycles. The van der Waals surface area contributed by atoms with Crippen LogP contribution in [0.15, 0.2) is 42.3 Å². The summed E-state index contributed by atoms with van der Waals surface area (Å²) in [6.45, 7) is 0.673. The molecule has 1 N–H and O–H groups in total. The van der Waals surface area contributed by atoms with E-state index in [-0.39, 0.29) is 0 Å². The zero-order valence-corrected chi connectivity index (χ0v) is 15.9. The number of hydrogen-bond donors (Lipinski definition) is 1. The Hall–Kier alpha value is -2.39. The normalized spacial score (nSPS) is 10.7. The number of rotatable bonds is 9. The molecule has 0 aliphatic carbocycles. The van der Waals surface area contributed by atoms with Crippen LogP contribution >= 0.6 is 23.1 Å². The Balaban J connectivity index is 1.48. The maximum absolute atomic E-state index is 12.1. The Morgan fingerprint density at radius 3 is 2.96 bits per heavy atom. The highest BCUT2D eigenvalue weighted by Crippen LogP contribution is 2.14. The van der Waals surface area contributed by atoms with Crippen molar-refractivity contribution >= 4 is 29.0 Å². The van der Waals surface area contributed by atoms with E-state index in [0.29, 0.717) is 24.8 Å². The Morgan fingerprint density at radius 1 is 1.27 bits per heavy atom. The minimum atomic E-state index is 0.316. The van der Waals surface area contributed by atoms with Crippen LogP contribution < -0.4 is 14.8 Å². The van der Waals surface area contributed by atoms with Gasteiger partial charge in [-0.05, 0) is 11.6 Å². The van der Waals surface area contributed by atoms with Crippen molar-refractivity contribution in [2.24, 2.45) is 0 Å². The monoisotopic (exact) mass is 389 g/mol. The van der Waals surface area contributed by atoms with E-state index in [0.717, 1.165) is 32.4 Å². The van der Waals surface area contributed by atoms with Gasteiger partial charge in [0.05, 0.1) is 19.9 Å². The number of aromatic nitrogens is 4. The third kappa shape index (κ3) is 5.30. The topological polar surface area (TPSA) is 86.9 Å². The summed E-state index contributed by atoms with van der Waals surface area (Å²) in [7, 11) is 1.58. The minimum absolute atomic E-state index is 0.316. The zero-order chi connectivity index (χ0) is 18.2. The number of nitrogens with zero attached hydrogens (tertiary/aromatic N) is 4. The van der Waals surface area contributed by atoms with E-state index in [9.17, 15) is 5.21 Å². The highest BCUT2D eigenvalue weighted by atomic mass is 32.2. The molecule has 0 spiro atoms. The van der Waals surface area contributed by atoms with Gasteiger partial charge in [0.15, 0.2) is 0 Å². The van der Waals surface area contributed by atoms with Gasteiger partial charge in [0.25, 0.3) is 0 Å². The summed E-state index contributed by atoms with van der Waals surface area (Å²) in [6, 6.07) is 3.74. The first-order valence-corrected chi connectivity index (χ1v) is 10.0. The number of methoxy groups -OCH3 is 1. The van der Waals surface area contributed by atoms with E-state index in [1.807, 2.05) is 23.7 Å². The quantitative estimate of drug-likeness (QED) is 0.342. The summed E-state index contributed by atoms with van der Waals surface area (Å²) in [5, 5.41) is 18.3. The van der Waals surface area contributed by atoms with Gasteiger partial charge in [-0.2, -0.15) is 11.8 Å². The fourth-order valence-corrected chi connectivity index (χ4v) is 3.85. The van der Waals surface area contributed by atoms with Crippen LogP contribution in [0.2, 0.25) is 0 Å². The summed E-state index contributed by atoms with van der Waals surface area (Å²) in [4.78, 5) is 12.6. The molecule has 0 aromatic carbocycles. The first-order chi connectivity index (χ1) is 12.7. The van der Waals surface area contributed by atoms with Gasteiger partial charge >= 0.3 is 5.95 Å². The van der Waals surface area contributed by atoms with Crippen molar-refractivity contribution in [1.82, 2.24) is 15.0 Å². The molecule has 3 aromatic rings. The lowest BCUT2D eigenvalue weighted by molar-refractivity contribution is -0.593. The first-order valence-electron chi connectivity index (χ1n) is 8.01. The molecule has 0 aliphatic rings. The van der Waals surface area contributed by atoms with E-state index < -0.39 is 0 Å². The molecule has 9 heteroatoms. The van der Waals surface area contributed by atoms with Gasteiger partial charge in [-0.3, -0.25) is 5.32 Å². The SMILES string of the molecule is COc1cc(Cc2cnc(NCCSCc3nccs3)[n+]([O-])c2)ccn1. The highest BCUT2D eigenvalue weighted by molar-refractivity contribution is 7.98. The van der Waals surface area contributed by atoms with E-state index in [1.54, 1.807) is 48.8 Å². The van der Waals surface area contributed by atoms with Gasteiger partial charge in [-0.1, -0.05) is 4.98 Å². The lowest BCUT2D eigenvalue weighted by Gasteiger charge is -2.10. The van der Waals surface area contributed by atoms with Crippen LogP contribution in [0.25, 0.3) is 0 Å². The molecule has 0 unspecified atom stereocenters. The van der Waals surface area contributed by atoms with Gasteiger partial charge in [0.1, 0.15) is 11.2 Å². The Labute approximate surface area is 160 Å². The molecule has 0 radical (unpaired) electrons. The molecule has 3 rings (SSSR count). The van der Waals surface area contributed by atoms with Crippen molar-refractivity contribution in [1.29, 1.82) is 0 Å². The molecule has 3 heterocycles. The lowest BCUT2D eigenvalue weighted by Crippen LogP contribution is -2.33. The molecule has 26 heavy (non-hydrogen) atoms. The van der Waals surface area contributed by atoms with E-state index in [2.05, 4.69) is 20.3 Å². The molecule has 0 atom stereocenters. The fourth-order valence-electron chi connectivity index (χ4n) is 2.29. The summed E-state index contributed by atoms with van der Waals surface area (Å²) in [5.41, 5.74) is 1.84. The van der Waals surface area contributed by atoms with E-state index in [4.69, 9.17) is 4.74 Å². The molecule has 136 valence electrons. The number of nitrogens with one attached hydrogen (secondary N) is 1.